The molecule has 0 unspecified atom stereocenters. The normalized spacial score (nSPS) is 10.1. The van der Waals surface area contributed by atoms with E-state index in [9.17, 15) is 9.59 Å². The second kappa shape index (κ2) is 10.1. The van der Waals surface area contributed by atoms with Gasteiger partial charge in [-0.3, -0.25) is 20.4 Å². The van der Waals surface area contributed by atoms with Crippen LogP contribution in [-0.2, 0) is 16.0 Å². The molecule has 6 nitrogen and oxygen atoms in total. The van der Waals surface area contributed by atoms with Crippen LogP contribution >= 0.6 is 0 Å². The lowest BCUT2D eigenvalue weighted by atomic mass is 10.1. The summed E-state index contributed by atoms with van der Waals surface area (Å²) in [6.45, 7) is 3.55. The Morgan fingerprint density at radius 3 is 2.32 bits per heavy atom. The molecule has 0 aliphatic heterocycles. The molecule has 0 saturated carbocycles. The summed E-state index contributed by atoms with van der Waals surface area (Å²) in [5.74, 6) is -0.0120. The van der Waals surface area contributed by atoms with Crippen molar-refractivity contribution in [3.63, 3.8) is 0 Å². The van der Waals surface area contributed by atoms with E-state index in [2.05, 4.69) is 10.9 Å². The molecule has 6 heteroatoms. The van der Waals surface area contributed by atoms with Gasteiger partial charge in [0.05, 0.1) is 13.0 Å². The van der Waals surface area contributed by atoms with E-state index in [0.717, 1.165) is 5.56 Å². The zero-order chi connectivity index (χ0) is 17.9. The maximum Gasteiger partial charge on any atom is 0.269 e. The number of benzene rings is 2. The fourth-order valence-electron chi connectivity index (χ4n) is 2.09. The van der Waals surface area contributed by atoms with Gasteiger partial charge < -0.3 is 9.47 Å². The van der Waals surface area contributed by atoms with E-state index < -0.39 is 0 Å². The van der Waals surface area contributed by atoms with Gasteiger partial charge in [0.15, 0.2) is 0 Å². The van der Waals surface area contributed by atoms with Crippen LogP contribution in [0.5, 0.6) is 5.75 Å². The van der Waals surface area contributed by atoms with Crippen LogP contribution in [0.4, 0.5) is 0 Å². The Hall–Kier alpha value is -2.86. The molecule has 0 atom stereocenters. The fraction of sp³-hybridized carbons (Fsp3) is 0.263. The van der Waals surface area contributed by atoms with Crippen molar-refractivity contribution in [2.45, 2.75) is 13.3 Å². The van der Waals surface area contributed by atoms with Crippen molar-refractivity contribution in [2.24, 2.45) is 0 Å². The van der Waals surface area contributed by atoms with Gasteiger partial charge in [0.25, 0.3) is 5.91 Å². The lowest BCUT2D eigenvalue weighted by Crippen LogP contribution is -2.42. The molecule has 0 heterocycles. The molecule has 2 aromatic rings. The van der Waals surface area contributed by atoms with Gasteiger partial charge in [-0.15, -0.1) is 0 Å². The first-order valence-electron chi connectivity index (χ1n) is 8.12. The Kier molecular flexibility index (Phi) is 7.46. The van der Waals surface area contributed by atoms with Gasteiger partial charge in [-0.1, -0.05) is 30.3 Å². The summed E-state index contributed by atoms with van der Waals surface area (Å²) in [6.07, 6.45) is 0.202. The summed E-state index contributed by atoms with van der Waals surface area (Å²) in [5.41, 5.74) is 6.11. The van der Waals surface area contributed by atoms with Crippen molar-refractivity contribution in [3.05, 3.63) is 65.7 Å². The molecule has 0 aliphatic carbocycles. The highest BCUT2D eigenvalue weighted by Gasteiger charge is 2.08. The fourth-order valence-corrected chi connectivity index (χ4v) is 2.09. The highest BCUT2D eigenvalue weighted by molar-refractivity contribution is 5.95. The third-order valence-corrected chi connectivity index (χ3v) is 3.34. The SMILES string of the molecule is CCOCCOc1ccc(C(=O)NNC(=O)Cc2ccccc2)cc1. The molecule has 2 rings (SSSR count). The third-order valence-electron chi connectivity index (χ3n) is 3.34. The van der Waals surface area contributed by atoms with Crippen LogP contribution in [0.3, 0.4) is 0 Å². The maximum atomic E-state index is 12.0. The number of nitrogens with one attached hydrogen (secondary N) is 2. The van der Waals surface area contributed by atoms with E-state index in [1.54, 1.807) is 24.3 Å². The topological polar surface area (TPSA) is 76.7 Å². The number of hydrazine groups is 1. The molecule has 0 bridgehead atoms. The second-order valence-electron chi connectivity index (χ2n) is 5.23. The van der Waals surface area contributed by atoms with E-state index in [0.29, 0.717) is 31.1 Å². The first kappa shape index (κ1) is 18.5. The minimum atomic E-state index is -0.387. The lowest BCUT2D eigenvalue weighted by Gasteiger charge is -2.09. The van der Waals surface area contributed by atoms with E-state index in [4.69, 9.17) is 9.47 Å². The molecular weight excluding hydrogens is 320 g/mol. The lowest BCUT2D eigenvalue weighted by molar-refractivity contribution is -0.121. The van der Waals surface area contributed by atoms with Crippen LogP contribution in [0.2, 0.25) is 0 Å². The molecule has 0 radical (unpaired) electrons. The van der Waals surface area contributed by atoms with Crippen LogP contribution in [0.1, 0.15) is 22.8 Å². The number of hydrogen-bond donors (Lipinski definition) is 2. The molecule has 2 aromatic carbocycles. The van der Waals surface area contributed by atoms with Gasteiger partial charge in [-0.25, -0.2) is 0 Å². The molecule has 0 aliphatic rings. The highest BCUT2D eigenvalue weighted by Crippen LogP contribution is 2.12. The number of rotatable bonds is 8. The molecule has 2 amide bonds. The largest absolute Gasteiger partial charge is 0.491 e. The van der Waals surface area contributed by atoms with Gasteiger partial charge in [0, 0.05) is 12.2 Å². The van der Waals surface area contributed by atoms with E-state index in [-0.39, 0.29) is 18.2 Å². The molecule has 132 valence electrons. The Labute approximate surface area is 147 Å². The summed E-state index contributed by atoms with van der Waals surface area (Å²) < 4.78 is 10.7. The molecule has 0 saturated heterocycles. The van der Waals surface area contributed by atoms with E-state index >= 15 is 0 Å². The number of carbonyl (C=O) groups is 2. The molecule has 2 N–H and O–H groups in total. The molecule has 0 spiro atoms. The zero-order valence-corrected chi connectivity index (χ0v) is 14.2. The highest BCUT2D eigenvalue weighted by atomic mass is 16.5. The van der Waals surface area contributed by atoms with Gasteiger partial charge >= 0.3 is 0 Å². The van der Waals surface area contributed by atoms with Crippen LogP contribution in [0.15, 0.2) is 54.6 Å². The quantitative estimate of drug-likeness (QED) is 0.569. The van der Waals surface area contributed by atoms with Gasteiger partial charge in [-0.2, -0.15) is 0 Å². The average Bonchev–Trinajstić information content (AvgIpc) is 2.64. The van der Waals surface area contributed by atoms with Crippen LogP contribution in [0, 0.1) is 0 Å². The third kappa shape index (κ3) is 6.64. The Morgan fingerprint density at radius 1 is 0.920 bits per heavy atom. The molecule has 25 heavy (non-hydrogen) atoms. The minimum Gasteiger partial charge on any atom is -0.491 e. The summed E-state index contributed by atoms with van der Waals surface area (Å²) in [6, 6.07) is 16.0. The number of hydrogen-bond acceptors (Lipinski definition) is 4. The number of ether oxygens (including phenoxy) is 2. The Morgan fingerprint density at radius 2 is 1.64 bits per heavy atom. The van der Waals surface area contributed by atoms with Gasteiger partial charge in [0.2, 0.25) is 5.91 Å². The summed E-state index contributed by atoms with van der Waals surface area (Å²) in [5, 5.41) is 0. The first-order valence-corrected chi connectivity index (χ1v) is 8.12. The second-order valence-corrected chi connectivity index (χ2v) is 5.23. The summed E-state index contributed by atoms with van der Waals surface area (Å²) >= 11 is 0. The summed E-state index contributed by atoms with van der Waals surface area (Å²) in [4.78, 5) is 23.8. The van der Waals surface area contributed by atoms with E-state index in [1.807, 2.05) is 37.3 Å². The standard InChI is InChI=1S/C19H22N2O4/c1-2-24-12-13-25-17-10-8-16(9-11-17)19(23)21-20-18(22)14-15-6-4-3-5-7-15/h3-11H,2,12-14H2,1H3,(H,20,22)(H,21,23). The zero-order valence-electron chi connectivity index (χ0n) is 14.2. The van der Waals surface area contributed by atoms with Crippen LogP contribution < -0.4 is 15.6 Å². The van der Waals surface area contributed by atoms with Gasteiger partial charge in [-0.05, 0) is 36.8 Å². The van der Waals surface area contributed by atoms with Gasteiger partial charge in [0.1, 0.15) is 12.4 Å². The van der Waals surface area contributed by atoms with Crippen molar-refractivity contribution in [2.75, 3.05) is 19.8 Å². The number of amides is 2. The van der Waals surface area contributed by atoms with Crippen molar-refractivity contribution in [1.82, 2.24) is 10.9 Å². The first-order chi connectivity index (χ1) is 12.2. The monoisotopic (exact) mass is 342 g/mol. The predicted molar refractivity (Wildman–Crippen MR) is 94.2 cm³/mol. The molecule has 0 aromatic heterocycles. The van der Waals surface area contributed by atoms with Crippen molar-refractivity contribution in [3.8, 4) is 5.75 Å². The number of carbonyl (C=O) groups excluding carboxylic acids is 2. The van der Waals surface area contributed by atoms with Crippen molar-refractivity contribution in [1.29, 1.82) is 0 Å². The van der Waals surface area contributed by atoms with Crippen molar-refractivity contribution >= 4 is 11.8 Å². The minimum absolute atomic E-state index is 0.202. The van der Waals surface area contributed by atoms with Crippen molar-refractivity contribution < 1.29 is 19.1 Å². The Balaban J connectivity index is 1.75. The average molecular weight is 342 g/mol. The summed E-state index contributed by atoms with van der Waals surface area (Å²) in [7, 11) is 0. The predicted octanol–water partition coefficient (Wildman–Crippen LogP) is 2.11. The Bertz CT molecular complexity index is 672. The van der Waals surface area contributed by atoms with Crippen LogP contribution in [-0.4, -0.2) is 31.6 Å². The smallest absolute Gasteiger partial charge is 0.269 e. The van der Waals surface area contributed by atoms with Crippen LogP contribution in [0.25, 0.3) is 0 Å². The molecular formula is C19H22N2O4. The molecule has 0 fully saturated rings. The maximum absolute atomic E-state index is 12.0. The van der Waals surface area contributed by atoms with E-state index in [1.165, 1.54) is 0 Å².